The first-order valence-corrected chi connectivity index (χ1v) is 6.23. The maximum Gasteiger partial charge on any atom is 0.0164 e. The molecule has 0 aromatic rings. The molecular formula is C13H29N. The molecular weight excluding hydrogens is 170 g/mol. The first-order chi connectivity index (χ1) is 6.84. The van der Waals surface area contributed by atoms with Gasteiger partial charge in [-0.1, -0.05) is 53.2 Å². The maximum atomic E-state index is 4.05. The molecule has 1 aliphatic heterocycles. The van der Waals surface area contributed by atoms with E-state index in [9.17, 15) is 0 Å². The van der Waals surface area contributed by atoms with Gasteiger partial charge in [-0.15, -0.1) is 0 Å². The van der Waals surface area contributed by atoms with Crippen LogP contribution in [-0.4, -0.2) is 13.1 Å². The zero-order valence-electron chi connectivity index (χ0n) is 10.8. The van der Waals surface area contributed by atoms with Crippen LogP contribution in [0.5, 0.6) is 0 Å². The van der Waals surface area contributed by atoms with E-state index in [0.717, 1.165) is 12.5 Å². The summed E-state index contributed by atoms with van der Waals surface area (Å²) in [5.41, 5.74) is 1.41. The fraction of sp³-hybridized carbons (Fsp3) is 0.846. The summed E-state index contributed by atoms with van der Waals surface area (Å²) >= 11 is 0. The van der Waals surface area contributed by atoms with Crippen molar-refractivity contribution in [3.05, 3.63) is 12.2 Å². The van der Waals surface area contributed by atoms with Crippen molar-refractivity contribution < 1.29 is 0 Å². The molecule has 1 unspecified atom stereocenters. The minimum Gasteiger partial charge on any atom is -0.313 e. The largest absolute Gasteiger partial charge is 0.313 e. The molecule has 1 N–H and O–H groups in total. The average Bonchev–Trinajstić information content (AvgIpc) is 2.28. The van der Waals surface area contributed by atoms with Crippen molar-refractivity contribution in [2.45, 2.75) is 53.9 Å². The number of hydrogen-bond donors (Lipinski definition) is 1. The molecule has 86 valence electrons. The van der Waals surface area contributed by atoms with Gasteiger partial charge in [0.15, 0.2) is 0 Å². The van der Waals surface area contributed by atoms with Crippen LogP contribution >= 0.6 is 0 Å². The van der Waals surface area contributed by atoms with E-state index in [2.05, 4.69) is 18.8 Å². The maximum absolute atomic E-state index is 4.05. The van der Waals surface area contributed by atoms with Crippen molar-refractivity contribution in [1.29, 1.82) is 0 Å². The third-order valence-corrected chi connectivity index (χ3v) is 2.24. The summed E-state index contributed by atoms with van der Waals surface area (Å²) in [5, 5.41) is 3.32. The van der Waals surface area contributed by atoms with Crippen LogP contribution in [0.25, 0.3) is 0 Å². The quantitative estimate of drug-likeness (QED) is 0.663. The highest BCUT2D eigenvalue weighted by Crippen LogP contribution is 2.21. The van der Waals surface area contributed by atoms with Gasteiger partial charge in [0.25, 0.3) is 0 Å². The fourth-order valence-electron chi connectivity index (χ4n) is 1.57. The topological polar surface area (TPSA) is 12.0 Å². The Balaban J connectivity index is 0. The normalized spacial score (nSPS) is 20.1. The molecule has 0 spiro atoms. The molecule has 1 heteroatoms. The van der Waals surface area contributed by atoms with Gasteiger partial charge in [0.05, 0.1) is 0 Å². The molecule has 14 heavy (non-hydrogen) atoms. The van der Waals surface area contributed by atoms with E-state index in [1.807, 2.05) is 27.7 Å². The van der Waals surface area contributed by atoms with Gasteiger partial charge >= 0.3 is 0 Å². The Bertz CT molecular complexity index is 116. The molecule has 0 aromatic heterocycles. The van der Waals surface area contributed by atoms with E-state index in [4.69, 9.17) is 0 Å². The van der Waals surface area contributed by atoms with Gasteiger partial charge in [0.1, 0.15) is 0 Å². The van der Waals surface area contributed by atoms with E-state index in [0.29, 0.717) is 0 Å². The predicted molar refractivity (Wildman–Crippen MR) is 67.7 cm³/mol. The van der Waals surface area contributed by atoms with Crippen LogP contribution in [0.3, 0.4) is 0 Å². The Morgan fingerprint density at radius 2 is 1.86 bits per heavy atom. The van der Waals surface area contributed by atoms with E-state index < -0.39 is 0 Å². The Labute approximate surface area is 91.0 Å². The van der Waals surface area contributed by atoms with Crippen LogP contribution in [0.15, 0.2) is 12.2 Å². The molecule has 1 atom stereocenters. The Morgan fingerprint density at radius 3 is 2.29 bits per heavy atom. The van der Waals surface area contributed by atoms with Gasteiger partial charge in [-0.25, -0.2) is 0 Å². The standard InChI is InChI=1S/C9H17N.2C2H6/c1-3-4-9-5-6-10-7-8(9)2;2*1-2/h9-10H,2-7H2,1H3;2*1-2H3. The Hall–Kier alpha value is -0.300. The van der Waals surface area contributed by atoms with Crippen LogP contribution in [0.2, 0.25) is 0 Å². The number of piperidine rings is 1. The van der Waals surface area contributed by atoms with Crippen molar-refractivity contribution in [3.8, 4) is 0 Å². The molecule has 0 bridgehead atoms. The van der Waals surface area contributed by atoms with E-state index >= 15 is 0 Å². The molecule has 1 fully saturated rings. The summed E-state index contributed by atoms with van der Waals surface area (Å²) in [6, 6.07) is 0. The van der Waals surface area contributed by atoms with Crippen LogP contribution in [0.1, 0.15) is 53.9 Å². The molecule has 1 nitrogen and oxygen atoms in total. The summed E-state index contributed by atoms with van der Waals surface area (Å²) in [4.78, 5) is 0. The first kappa shape index (κ1) is 16.1. The van der Waals surface area contributed by atoms with E-state index in [1.165, 1.54) is 31.4 Å². The van der Waals surface area contributed by atoms with E-state index in [1.54, 1.807) is 0 Å². The number of nitrogens with one attached hydrogen (secondary N) is 1. The van der Waals surface area contributed by atoms with Gasteiger partial charge in [0.2, 0.25) is 0 Å². The highest BCUT2D eigenvalue weighted by molar-refractivity contribution is 5.05. The molecule has 0 aromatic carbocycles. The fourth-order valence-corrected chi connectivity index (χ4v) is 1.57. The molecule has 0 saturated carbocycles. The molecule has 1 aliphatic rings. The minimum atomic E-state index is 0.811. The smallest absolute Gasteiger partial charge is 0.0164 e. The van der Waals surface area contributed by atoms with Crippen LogP contribution < -0.4 is 5.32 Å². The zero-order valence-corrected chi connectivity index (χ0v) is 10.8. The highest BCUT2D eigenvalue weighted by Gasteiger charge is 2.14. The summed E-state index contributed by atoms with van der Waals surface area (Å²) in [7, 11) is 0. The lowest BCUT2D eigenvalue weighted by molar-refractivity contribution is 0.439. The third-order valence-electron chi connectivity index (χ3n) is 2.24. The van der Waals surface area contributed by atoms with Gasteiger partial charge in [-0.2, -0.15) is 0 Å². The summed E-state index contributed by atoms with van der Waals surface area (Å²) in [5.74, 6) is 0.811. The SMILES string of the molecule is C=C1CNCCC1CCC.CC.CC. The van der Waals surface area contributed by atoms with Gasteiger partial charge in [-0.3, -0.25) is 0 Å². The Kier molecular flexibility index (Phi) is 14.6. The Morgan fingerprint density at radius 1 is 1.29 bits per heavy atom. The molecule has 1 saturated heterocycles. The lowest BCUT2D eigenvalue weighted by Gasteiger charge is -2.24. The lowest BCUT2D eigenvalue weighted by Crippen LogP contribution is -2.29. The number of hydrogen-bond acceptors (Lipinski definition) is 1. The first-order valence-electron chi connectivity index (χ1n) is 6.23. The van der Waals surface area contributed by atoms with Crippen LogP contribution in [0.4, 0.5) is 0 Å². The highest BCUT2D eigenvalue weighted by atomic mass is 14.9. The predicted octanol–water partition coefficient (Wildman–Crippen LogP) is 4.00. The third kappa shape index (κ3) is 7.14. The molecule has 0 aliphatic carbocycles. The monoisotopic (exact) mass is 199 g/mol. The second-order valence-electron chi connectivity index (χ2n) is 3.11. The molecule has 1 heterocycles. The summed E-state index contributed by atoms with van der Waals surface area (Å²) < 4.78 is 0. The van der Waals surface area contributed by atoms with Crippen molar-refractivity contribution in [1.82, 2.24) is 5.32 Å². The van der Waals surface area contributed by atoms with Gasteiger partial charge < -0.3 is 5.32 Å². The van der Waals surface area contributed by atoms with Crippen LogP contribution in [0, 0.1) is 5.92 Å². The lowest BCUT2D eigenvalue weighted by atomic mass is 9.90. The molecule has 1 rings (SSSR count). The summed E-state index contributed by atoms with van der Waals surface area (Å²) in [6.07, 6.45) is 3.93. The molecule has 0 amide bonds. The van der Waals surface area contributed by atoms with Crippen molar-refractivity contribution >= 4 is 0 Å². The second kappa shape index (κ2) is 12.7. The van der Waals surface area contributed by atoms with Crippen molar-refractivity contribution in [2.24, 2.45) is 5.92 Å². The zero-order chi connectivity index (χ0) is 11.4. The second-order valence-corrected chi connectivity index (χ2v) is 3.11. The van der Waals surface area contributed by atoms with Crippen LogP contribution in [-0.2, 0) is 0 Å². The number of rotatable bonds is 2. The van der Waals surface area contributed by atoms with Crippen molar-refractivity contribution in [2.75, 3.05) is 13.1 Å². The summed E-state index contributed by atoms with van der Waals surface area (Å²) in [6.45, 7) is 16.5. The average molecular weight is 199 g/mol. The van der Waals surface area contributed by atoms with E-state index in [-0.39, 0.29) is 0 Å². The van der Waals surface area contributed by atoms with Gasteiger partial charge in [-0.05, 0) is 25.3 Å². The molecule has 0 radical (unpaired) electrons. The van der Waals surface area contributed by atoms with Gasteiger partial charge in [0, 0.05) is 6.54 Å². The van der Waals surface area contributed by atoms with Crippen molar-refractivity contribution in [3.63, 3.8) is 0 Å². The minimum absolute atomic E-state index is 0.811.